The summed E-state index contributed by atoms with van der Waals surface area (Å²) in [5.74, 6) is 0.697. The van der Waals surface area contributed by atoms with Crippen LogP contribution in [-0.2, 0) is 4.79 Å². The van der Waals surface area contributed by atoms with Gasteiger partial charge in [0.25, 0.3) is 5.91 Å². The zero-order valence-corrected chi connectivity index (χ0v) is 19.2. The van der Waals surface area contributed by atoms with Gasteiger partial charge in [-0.1, -0.05) is 37.0 Å². The first-order valence-electron chi connectivity index (χ1n) is 8.88. The van der Waals surface area contributed by atoms with Gasteiger partial charge in [-0.3, -0.25) is 9.69 Å². The second-order valence-electron chi connectivity index (χ2n) is 6.47. The predicted octanol–water partition coefficient (Wildman–Crippen LogP) is 5.71. The molecule has 2 aromatic carbocycles. The molecule has 0 N–H and O–H groups in total. The van der Waals surface area contributed by atoms with Gasteiger partial charge in [0.05, 0.1) is 21.7 Å². The Kier molecular flexibility index (Phi) is 6.80. The summed E-state index contributed by atoms with van der Waals surface area (Å²) in [6, 6.07) is 13.6. The van der Waals surface area contributed by atoms with Crippen molar-refractivity contribution in [2.24, 2.45) is 0 Å². The number of hydrogen-bond donors (Lipinski definition) is 0. The third-order valence-corrected chi connectivity index (χ3v) is 6.06. The Morgan fingerprint density at radius 2 is 1.93 bits per heavy atom. The minimum atomic E-state index is -0.102. The number of thioether (sulfide) groups is 1. The Morgan fingerprint density at radius 3 is 2.54 bits per heavy atom. The summed E-state index contributed by atoms with van der Waals surface area (Å²) in [5, 5.41) is 0. The molecule has 2 aromatic rings. The summed E-state index contributed by atoms with van der Waals surface area (Å²) in [7, 11) is 3.96. The van der Waals surface area contributed by atoms with Crippen LogP contribution in [0.1, 0.15) is 18.9 Å². The summed E-state index contributed by atoms with van der Waals surface area (Å²) >= 11 is 10.3. The van der Waals surface area contributed by atoms with Crippen molar-refractivity contribution in [2.75, 3.05) is 30.5 Å². The van der Waals surface area contributed by atoms with E-state index in [1.54, 1.807) is 4.90 Å². The van der Waals surface area contributed by atoms with Crippen molar-refractivity contribution in [3.8, 4) is 5.75 Å². The monoisotopic (exact) mass is 476 g/mol. The fraction of sp³-hybridized carbons (Fsp3) is 0.238. The highest BCUT2D eigenvalue weighted by molar-refractivity contribution is 9.10. The Bertz CT molecular complexity index is 927. The van der Waals surface area contributed by atoms with E-state index in [4.69, 9.17) is 17.0 Å². The summed E-state index contributed by atoms with van der Waals surface area (Å²) < 4.78 is 7.08. The molecule has 0 spiro atoms. The van der Waals surface area contributed by atoms with Crippen molar-refractivity contribution in [2.45, 2.75) is 13.3 Å². The number of amides is 1. The average molecular weight is 477 g/mol. The number of hydrogen-bond acceptors (Lipinski definition) is 5. The predicted molar refractivity (Wildman–Crippen MR) is 126 cm³/mol. The van der Waals surface area contributed by atoms with Crippen molar-refractivity contribution in [3.63, 3.8) is 0 Å². The molecule has 3 rings (SSSR count). The maximum absolute atomic E-state index is 12.9. The Balaban J connectivity index is 1.82. The van der Waals surface area contributed by atoms with Crippen LogP contribution < -0.4 is 14.5 Å². The van der Waals surface area contributed by atoms with Gasteiger partial charge in [-0.15, -0.1) is 0 Å². The van der Waals surface area contributed by atoms with Crippen LogP contribution in [0.4, 0.5) is 11.4 Å². The molecule has 0 saturated carbocycles. The zero-order chi connectivity index (χ0) is 20.3. The van der Waals surface area contributed by atoms with E-state index in [1.165, 1.54) is 11.8 Å². The lowest BCUT2D eigenvalue weighted by molar-refractivity contribution is -0.113. The lowest BCUT2D eigenvalue weighted by atomic mass is 10.2. The van der Waals surface area contributed by atoms with E-state index in [9.17, 15) is 4.79 Å². The summed E-state index contributed by atoms with van der Waals surface area (Å²) in [4.78, 5) is 17.1. The minimum absolute atomic E-state index is 0.102. The van der Waals surface area contributed by atoms with Crippen LogP contribution in [-0.4, -0.2) is 30.9 Å². The molecule has 4 nitrogen and oxygen atoms in total. The van der Waals surface area contributed by atoms with Crippen molar-refractivity contribution in [1.29, 1.82) is 0 Å². The van der Waals surface area contributed by atoms with Crippen LogP contribution in [0.5, 0.6) is 5.75 Å². The molecule has 1 amide bonds. The molecule has 0 atom stereocenters. The fourth-order valence-electron chi connectivity index (χ4n) is 2.68. The molecule has 146 valence electrons. The highest BCUT2D eigenvalue weighted by Crippen LogP contribution is 2.37. The number of carbonyl (C=O) groups excluding carboxylic acids is 1. The Hall–Kier alpha value is -1.83. The Morgan fingerprint density at radius 1 is 1.21 bits per heavy atom. The van der Waals surface area contributed by atoms with Crippen LogP contribution in [0.25, 0.3) is 6.08 Å². The van der Waals surface area contributed by atoms with Crippen molar-refractivity contribution < 1.29 is 9.53 Å². The first kappa shape index (κ1) is 20.9. The average Bonchev–Trinajstić information content (AvgIpc) is 2.94. The molecule has 1 aliphatic rings. The van der Waals surface area contributed by atoms with Crippen LogP contribution >= 0.6 is 39.9 Å². The summed E-state index contributed by atoms with van der Waals surface area (Å²) in [6.07, 6.45) is 2.81. The first-order chi connectivity index (χ1) is 13.4. The molecule has 1 aliphatic heterocycles. The van der Waals surface area contributed by atoms with Crippen molar-refractivity contribution >= 4 is 67.6 Å². The third kappa shape index (κ3) is 4.59. The van der Waals surface area contributed by atoms with Gasteiger partial charge in [-0.25, -0.2) is 0 Å². The van der Waals surface area contributed by atoms with Gasteiger partial charge in [0.2, 0.25) is 0 Å². The van der Waals surface area contributed by atoms with Gasteiger partial charge in [0.1, 0.15) is 5.75 Å². The van der Waals surface area contributed by atoms with E-state index in [0.29, 0.717) is 15.8 Å². The van der Waals surface area contributed by atoms with Crippen molar-refractivity contribution in [3.05, 3.63) is 57.4 Å². The molecule has 0 aliphatic carbocycles. The summed E-state index contributed by atoms with van der Waals surface area (Å²) in [5.41, 5.74) is 2.76. The van der Waals surface area contributed by atoms with E-state index < -0.39 is 0 Å². The number of rotatable bonds is 6. The van der Waals surface area contributed by atoms with Crippen LogP contribution in [0.3, 0.4) is 0 Å². The highest BCUT2D eigenvalue weighted by Gasteiger charge is 2.33. The molecule has 28 heavy (non-hydrogen) atoms. The molecule has 0 bridgehead atoms. The highest BCUT2D eigenvalue weighted by atomic mass is 79.9. The van der Waals surface area contributed by atoms with Gasteiger partial charge >= 0.3 is 0 Å². The van der Waals surface area contributed by atoms with Crippen LogP contribution in [0, 0.1) is 0 Å². The molecule has 0 unspecified atom stereocenters. The van der Waals surface area contributed by atoms with E-state index >= 15 is 0 Å². The molecule has 1 saturated heterocycles. The molecule has 7 heteroatoms. The molecular weight excluding hydrogens is 456 g/mol. The molecule has 1 heterocycles. The number of halogens is 1. The number of carbonyl (C=O) groups is 1. The van der Waals surface area contributed by atoms with Crippen molar-refractivity contribution in [1.82, 2.24) is 0 Å². The fourth-order valence-corrected chi connectivity index (χ4v) is 4.49. The number of thiocarbonyl (C=S) groups is 1. The molecule has 0 aromatic heterocycles. The van der Waals surface area contributed by atoms with E-state index in [0.717, 1.165) is 33.6 Å². The maximum Gasteiger partial charge on any atom is 0.270 e. The standard InChI is InChI=1S/C21H21BrN2O2S2/c1-4-11-26-18-10-5-14(12-17(18)22)13-19-20(25)24(21(27)28-19)16-8-6-15(7-9-16)23(2)3/h5-10,12-13H,4,11H2,1-3H3/b19-13-. The van der Waals surface area contributed by atoms with Gasteiger partial charge in [-0.2, -0.15) is 0 Å². The largest absolute Gasteiger partial charge is 0.492 e. The number of ether oxygens (including phenoxy) is 1. The summed E-state index contributed by atoms with van der Waals surface area (Å²) in [6.45, 7) is 2.74. The molecule has 1 fully saturated rings. The lowest BCUT2D eigenvalue weighted by Crippen LogP contribution is -2.27. The minimum Gasteiger partial charge on any atom is -0.492 e. The zero-order valence-electron chi connectivity index (χ0n) is 15.9. The number of nitrogens with zero attached hydrogens (tertiary/aromatic N) is 2. The second kappa shape index (κ2) is 9.11. The van der Waals surface area contributed by atoms with Gasteiger partial charge in [-0.05, 0) is 70.4 Å². The van der Waals surface area contributed by atoms with Gasteiger partial charge in [0.15, 0.2) is 4.32 Å². The number of anilines is 2. The maximum atomic E-state index is 12.9. The Labute approximate surface area is 183 Å². The molecule has 0 radical (unpaired) electrons. The topological polar surface area (TPSA) is 32.8 Å². The third-order valence-electron chi connectivity index (χ3n) is 4.13. The van der Waals surface area contributed by atoms with Gasteiger partial charge < -0.3 is 9.64 Å². The quantitative estimate of drug-likeness (QED) is 0.393. The van der Waals surface area contributed by atoms with Gasteiger partial charge in [0, 0.05) is 19.8 Å². The molecular formula is C21H21BrN2O2S2. The van der Waals surface area contributed by atoms with E-state index in [2.05, 4.69) is 22.9 Å². The smallest absolute Gasteiger partial charge is 0.270 e. The van der Waals surface area contributed by atoms with E-state index in [1.807, 2.05) is 67.5 Å². The lowest BCUT2D eigenvalue weighted by Gasteiger charge is -2.17. The first-order valence-corrected chi connectivity index (χ1v) is 10.9. The van der Waals surface area contributed by atoms with Crippen LogP contribution in [0.15, 0.2) is 51.8 Å². The van der Waals surface area contributed by atoms with E-state index in [-0.39, 0.29) is 5.91 Å². The second-order valence-corrected chi connectivity index (χ2v) is 9.00. The van der Waals surface area contributed by atoms with Crippen LogP contribution in [0.2, 0.25) is 0 Å². The number of benzene rings is 2. The normalized spacial score (nSPS) is 15.4. The SMILES string of the molecule is CCCOc1ccc(/C=C2\SC(=S)N(c3ccc(N(C)C)cc3)C2=O)cc1Br.